The second-order valence-corrected chi connectivity index (χ2v) is 4.95. The van der Waals surface area contributed by atoms with E-state index in [4.69, 9.17) is 19.3 Å². The molecule has 134 valence electrons. The molecule has 0 saturated carbocycles. The molecule has 0 spiro atoms. The Morgan fingerprint density at radius 3 is 2.76 bits per heavy atom. The molecule has 9 heteroatoms. The van der Waals surface area contributed by atoms with Gasteiger partial charge in [0.05, 0.1) is 27.0 Å². The zero-order valence-corrected chi connectivity index (χ0v) is 13.8. The first-order chi connectivity index (χ1) is 12.1. The minimum Gasteiger partial charge on any atom is -0.497 e. The van der Waals surface area contributed by atoms with Gasteiger partial charge in [0.1, 0.15) is 17.6 Å². The molecule has 3 N–H and O–H groups in total. The highest BCUT2D eigenvalue weighted by Crippen LogP contribution is 2.24. The van der Waals surface area contributed by atoms with Crippen molar-refractivity contribution in [3.63, 3.8) is 0 Å². The standard InChI is InChI=1S/C16H19N3O6/c1-23-12-4-3-10(14(6-12)24-2)7-17-16(22)25-15-5-11(8-18-19-15)13(21)9-20/h3-6,8,13,20-21H,7,9H2,1-2H3,(H,17,22). The van der Waals surface area contributed by atoms with Crippen LogP contribution in [0.3, 0.4) is 0 Å². The summed E-state index contributed by atoms with van der Waals surface area (Å²) in [5, 5.41) is 28.3. The van der Waals surface area contributed by atoms with Gasteiger partial charge in [-0.1, -0.05) is 0 Å². The predicted octanol–water partition coefficient (Wildman–Crippen LogP) is 0.808. The number of ether oxygens (including phenoxy) is 3. The molecule has 0 bridgehead atoms. The van der Waals surface area contributed by atoms with E-state index in [1.165, 1.54) is 19.4 Å². The number of carbonyl (C=O) groups is 1. The second kappa shape index (κ2) is 8.81. The Bertz CT molecular complexity index is 725. The van der Waals surface area contributed by atoms with Crippen LogP contribution in [0.15, 0.2) is 30.5 Å². The number of amides is 1. The van der Waals surface area contributed by atoms with Crippen LogP contribution >= 0.6 is 0 Å². The van der Waals surface area contributed by atoms with E-state index in [0.29, 0.717) is 11.5 Å². The monoisotopic (exact) mass is 349 g/mol. The molecule has 0 radical (unpaired) electrons. The lowest BCUT2D eigenvalue weighted by molar-refractivity contribution is 0.0949. The number of benzene rings is 1. The lowest BCUT2D eigenvalue weighted by Crippen LogP contribution is -2.27. The number of rotatable bonds is 7. The van der Waals surface area contributed by atoms with Gasteiger partial charge < -0.3 is 29.7 Å². The first kappa shape index (κ1) is 18.4. The van der Waals surface area contributed by atoms with Crippen LogP contribution in [0.1, 0.15) is 17.2 Å². The SMILES string of the molecule is COc1ccc(CNC(=O)Oc2cc(C(O)CO)cnn2)c(OC)c1. The molecule has 0 fully saturated rings. The van der Waals surface area contributed by atoms with Gasteiger partial charge in [-0.25, -0.2) is 4.79 Å². The molecule has 2 aromatic rings. The summed E-state index contributed by atoms with van der Waals surface area (Å²) in [4.78, 5) is 11.9. The van der Waals surface area contributed by atoms with Crippen molar-refractivity contribution in [2.24, 2.45) is 0 Å². The van der Waals surface area contributed by atoms with Crippen molar-refractivity contribution in [2.75, 3.05) is 20.8 Å². The molecule has 1 atom stereocenters. The van der Waals surface area contributed by atoms with Gasteiger partial charge >= 0.3 is 6.09 Å². The molecule has 0 aliphatic rings. The molecule has 1 aromatic carbocycles. The molecule has 9 nitrogen and oxygen atoms in total. The fourth-order valence-electron chi connectivity index (χ4n) is 2.00. The van der Waals surface area contributed by atoms with Crippen LogP contribution < -0.4 is 19.5 Å². The van der Waals surface area contributed by atoms with Gasteiger partial charge in [-0.2, -0.15) is 5.10 Å². The molecule has 0 aliphatic heterocycles. The van der Waals surface area contributed by atoms with Crippen LogP contribution in [-0.2, 0) is 6.54 Å². The fourth-order valence-corrected chi connectivity index (χ4v) is 2.00. The summed E-state index contributed by atoms with van der Waals surface area (Å²) in [5.74, 6) is 1.11. The summed E-state index contributed by atoms with van der Waals surface area (Å²) < 4.78 is 15.4. The summed E-state index contributed by atoms with van der Waals surface area (Å²) in [6.07, 6.45) is -0.597. The molecule has 0 saturated heterocycles. The second-order valence-electron chi connectivity index (χ2n) is 4.95. The summed E-state index contributed by atoms with van der Waals surface area (Å²) in [7, 11) is 3.07. The van der Waals surface area contributed by atoms with Gasteiger partial charge in [-0.05, 0) is 12.1 Å². The summed E-state index contributed by atoms with van der Waals surface area (Å²) in [6, 6.07) is 6.53. The molecular weight excluding hydrogens is 330 g/mol. The minimum atomic E-state index is -1.12. The number of aliphatic hydroxyl groups excluding tert-OH is 2. The van der Waals surface area contributed by atoms with E-state index in [2.05, 4.69) is 15.5 Å². The van der Waals surface area contributed by atoms with E-state index in [1.807, 2.05) is 0 Å². The first-order valence-electron chi connectivity index (χ1n) is 7.35. The van der Waals surface area contributed by atoms with E-state index < -0.39 is 18.8 Å². The van der Waals surface area contributed by atoms with Crippen molar-refractivity contribution in [3.05, 3.63) is 41.6 Å². The van der Waals surface area contributed by atoms with Gasteiger partial charge in [-0.3, -0.25) is 0 Å². The molecule has 25 heavy (non-hydrogen) atoms. The van der Waals surface area contributed by atoms with Gasteiger partial charge in [0.25, 0.3) is 0 Å². The van der Waals surface area contributed by atoms with Crippen molar-refractivity contribution in [3.8, 4) is 17.4 Å². The lowest BCUT2D eigenvalue weighted by atomic mass is 10.2. The summed E-state index contributed by atoms with van der Waals surface area (Å²) in [5.41, 5.74) is 1.02. The highest BCUT2D eigenvalue weighted by molar-refractivity contribution is 5.70. The Balaban J connectivity index is 1.97. The maximum atomic E-state index is 11.9. The molecule has 1 heterocycles. The average molecular weight is 349 g/mol. The van der Waals surface area contributed by atoms with Crippen molar-refractivity contribution in [1.29, 1.82) is 0 Å². The molecular formula is C16H19N3O6. The average Bonchev–Trinajstić information content (AvgIpc) is 2.65. The number of methoxy groups -OCH3 is 2. The van der Waals surface area contributed by atoms with Crippen molar-refractivity contribution in [1.82, 2.24) is 15.5 Å². The van der Waals surface area contributed by atoms with Crippen molar-refractivity contribution >= 4 is 6.09 Å². The largest absolute Gasteiger partial charge is 0.497 e. The fraction of sp³-hybridized carbons (Fsp3) is 0.312. The molecule has 2 rings (SSSR count). The van der Waals surface area contributed by atoms with E-state index in [0.717, 1.165) is 5.56 Å². The van der Waals surface area contributed by atoms with E-state index in [9.17, 15) is 9.90 Å². The number of hydrogen-bond donors (Lipinski definition) is 3. The van der Waals surface area contributed by atoms with Gasteiger partial charge in [0.15, 0.2) is 0 Å². The number of aliphatic hydroxyl groups is 2. The minimum absolute atomic E-state index is 0.0933. The van der Waals surface area contributed by atoms with Crippen LogP contribution in [0.4, 0.5) is 4.79 Å². The van der Waals surface area contributed by atoms with Crippen molar-refractivity contribution < 1.29 is 29.2 Å². The van der Waals surface area contributed by atoms with Crippen LogP contribution in [0.5, 0.6) is 17.4 Å². The number of nitrogens with zero attached hydrogens (tertiary/aromatic N) is 2. The van der Waals surface area contributed by atoms with Crippen LogP contribution in [0.2, 0.25) is 0 Å². The van der Waals surface area contributed by atoms with Gasteiger partial charge in [0.2, 0.25) is 5.88 Å². The molecule has 1 amide bonds. The zero-order chi connectivity index (χ0) is 18.2. The van der Waals surface area contributed by atoms with Crippen LogP contribution in [0, 0.1) is 0 Å². The molecule has 1 unspecified atom stereocenters. The zero-order valence-electron chi connectivity index (χ0n) is 13.8. The number of hydrogen-bond acceptors (Lipinski definition) is 8. The van der Waals surface area contributed by atoms with E-state index >= 15 is 0 Å². The van der Waals surface area contributed by atoms with E-state index in [1.54, 1.807) is 25.3 Å². The Hall–Kier alpha value is -2.91. The Labute approximate surface area is 144 Å². The smallest absolute Gasteiger partial charge is 0.414 e. The maximum absolute atomic E-state index is 11.9. The number of aromatic nitrogens is 2. The third-order valence-corrected chi connectivity index (χ3v) is 3.33. The van der Waals surface area contributed by atoms with Gasteiger partial charge in [-0.15, -0.1) is 5.10 Å². The normalized spacial score (nSPS) is 11.5. The summed E-state index contributed by atoms with van der Waals surface area (Å²) in [6.45, 7) is -0.313. The predicted molar refractivity (Wildman–Crippen MR) is 86.5 cm³/mol. The highest BCUT2D eigenvalue weighted by Gasteiger charge is 2.12. The third-order valence-electron chi connectivity index (χ3n) is 3.33. The molecule has 1 aromatic heterocycles. The quantitative estimate of drug-likeness (QED) is 0.671. The highest BCUT2D eigenvalue weighted by atomic mass is 16.6. The topological polar surface area (TPSA) is 123 Å². The Morgan fingerprint density at radius 1 is 1.28 bits per heavy atom. The van der Waals surface area contributed by atoms with Crippen molar-refractivity contribution in [2.45, 2.75) is 12.6 Å². The van der Waals surface area contributed by atoms with Gasteiger partial charge in [0, 0.05) is 29.8 Å². The number of carbonyl (C=O) groups excluding carboxylic acids is 1. The van der Waals surface area contributed by atoms with Crippen LogP contribution in [-0.4, -0.2) is 47.3 Å². The Morgan fingerprint density at radius 2 is 2.08 bits per heavy atom. The van der Waals surface area contributed by atoms with E-state index in [-0.39, 0.29) is 18.0 Å². The maximum Gasteiger partial charge on any atom is 0.414 e. The third kappa shape index (κ3) is 5.03. The summed E-state index contributed by atoms with van der Waals surface area (Å²) >= 11 is 0. The number of nitrogens with one attached hydrogen (secondary N) is 1. The molecule has 0 aliphatic carbocycles. The first-order valence-corrected chi connectivity index (χ1v) is 7.35. The lowest BCUT2D eigenvalue weighted by Gasteiger charge is -2.11. The van der Waals surface area contributed by atoms with Crippen LogP contribution in [0.25, 0.3) is 0 Å². The Kier molecular flexibility index (Phi) is 6.49.